The quantitative estimate of drug-likeness (QED) is 0.262. The summed E-state index contributed by atoms with van der Waals surface area (Å²) in [5, 5.41) is 19.1. The molecule has 1 aliphatic heterocycles. The summed E-state index contributed by atoms with van der Waals surface area (Å²) in [5.41, 5.74) is 6.39. The predicted molar refractivity (Wildman–Crippen MR) is 139 cm³/mol. The second kappa shape index (κ2) is 10.3. The zero-order valence-corrected chi connectivity index (χ0v) is 20.9. The zero-order valence-electron chi connectivity index (χ0n) is 19.3. The van der Waals surface area contributed by atoms with Crippen molar-refractivity contribution in [1.29, 1.82) is 0 Å². The number of anilines is 1. The topological polar surface area (TPSA) is 104 Å². The van der Waals surface area contributed by atoms with Crippen LogP contribution in [0.25, 0.3) is 32.0 Å². The van der Waals surface area contributed by atoms with Crippen LogP contribution in [0.3, 0.4) is 0 Å². The number of thiophene rings is 1. The molecule has 4 heterocycles. The summed E-state index contributed by atoms with van der Waals surface area (Å²) in [7, 11) is 1.67. The molecule has 4 N–H and O–H groups in total. The van der Waals surface area contributed by atoms with Crippen LogP contribution >= 0.6 is 22.7 Å². The first-order chi connectivity index (χ1) is 16.6. The molecule has 5 rings (SSSR count). The average Bonchev–Trinajstić information content (AvgIpc) is 3.54. The van der Waals surface area contributed by atoms with Gasteiger partial charge in [-0.15, -0.1) is 22.7 Å². The highest BCUT2D eigenvalue weighted by atomic mass is 32.1. The van der Waals surface area contributed by atoms with Gasteiger partial charge in [0.2, 0.25) is 5.91 Å². The number of carbonyl (C=O) groups excluding carboxylic acids is 1. The summed E-state index contributed by atoms with van der Waals surface area (Å²) in [6.07, 6.45) is 1.35. The van der Waals surface area contributed by atoms with Crippen LogP contribution in [0.15, 0.2) is 24.3 Å². The lowest BCUT2D eigenvalue weighted by atomic mass is 10.0. The van der Waals surface area contributed by atoms with Gasteiger partial charge in [-0.3, -0.25) is 9.89 Å². The van der Waals surface area contributed by atoms with Crippen molar-refractivity contribution < 1.29 is 9.53 Å². The number of hydrogen-bond donors (Lipinski definition) is 4. The monoisotopic (exact) mass is 496 g/mol. The number of methoxy groups -OCH3 is 1. The van der Waals surface area contributed by atoms with E-state index in [2.05, 4.69) is 44.3 Å². The minimum Gasteiger partial charge on any atom is -0.383 e. The van der Waals surface area contributed by atoms with Gasteiger partial charge in [-0.05, 0) is 43.7 Å². The number of carbonyl (C=O) groups is 1. The molecule has 0 fully saturated rings. The van der Waals surface area contributed by atoms with Crippen LogP contribution < -0.4 is 16.0 Å². The fraction of sp³-hybridized carbons (Fsp3) is 0.375. The summed E-state index contributed by atoms with van der Waals surface area (Å²) in [4.78, 5) is 18.9. The molecular weight excluding hydrogens is 468 g/mol. The van der Waals surface area contributed by atoms with Gasteiger partial charge in [0, 0.05) is 54.9 Å². The van der Waals surface area contributed by atoms with Gasteiger partial charge in [0.1, 0.15) is 10.0 Å². The summed E-state index contributed by atoms with van der Waals surface area (Å²) in [6.45, 7) is 5.75. The molecule has 1 aliphatic rings. The minimum atomic E-state index is 0.00928. The van der Waals surface area contributed by atoms with Crippen LogP contribution in [0.2, 0.25) is 0 Å². The fourth-order valence-electron chi connectivity index (χ4n) is 4.10. The Kier molecular flexibility index (Phi) is 7.02. The summed E-state index contributed by atoms with van der Waals surface area (Å²) in [6, 6.07) is 8.31. The van der Waals surface area contributed by atoms with Crippen molar-refractivity contribution in [2.24, 2.45) is 0 Å². The molecule has 34 heavy (non-hydrogen) atoms. The van der Waals surface area contributed by atoms with E-state index in [0.717, 1.165) is 68.8 Å². The number of hydrogen-bond acceptors (Lipinski definition) is 8. The Morgan fingerprint density at radius 1 is 1.24 bits per heavy atom. The first kappa shape index (κ1) is 23.1. The van der Waals surface area contributed by atoms with E-state index in [1.807, 2.05) is 13.0 Å². The van der Waals surface area contributed by atoms with Gasteiger partial charge in [0.15, 0.2) is 0 Å². The van der Waals surface area contributed by atoms with Crippen molar-refractivity contribution in [1.82, 2.24) is 25.8 Å². The molecule has 178 valence electrons. The zero-order chi connectivity index (χ0) is 23.5. The van der Waals surface area contributed by atoms with Crippen LogP contribution in [0.1, 0.15) is 22.6 Å². The third-order valence-electron chi connectivity index (χ3n) is 5.80. The third-order valence-corrected chi connectivity index (χ3v) is 7.98. The SMILES string of the molecule is COCCNCCC(=O)Nc1sc2c(c1-c1nc3ccc(-c4cc(C)[nH]n4)cc3s1)CCNC2. The lowest BCUT2D eigenvalue weighted by Gasteiger charge is -2.13. The average molecular weight is 497 g/mol. The summed E-state index contributed by atoms with van der Waals surface area (Å²) in [5.74, 6) is 0.00928. The van der Waals surface area contributed by atoms with E-state index >= 15 is 0 Å². The van der Waals surface area contributed by atoms with Crippen molar-refractivity contribution in [2.75, 3.05) is 38.7 Å². The highest BCUT2D eigenvalue weighted by Gasteiger charge is 2.25. The summed E-state index contributed by atoms with van der Waals surface area (Å²) >= 11 is 3.33. The molecule has 0 saturated carbocycles. The van der Waals surface area contributed by atoms with Crippen molar-refractivity contribution in [2.45, 2.75) is 26.3 Å². The minimum absolute atomic E-state index is 0.00928. The number of H-pyrrole nitrogens is 1. The number of aromatic nitrogens is 3. The molecule has 1 amide bonds. The molecule has 8 nitrogen and oxygen atoms in total. The van der Waals surface area contributed by atoms with Crippen LogP contribution in [0.5, 0.6) is 0 Å². The highest BCUT2D eigenvalue weighted by molar-refractivity contribution is 7.23. The number of amides is 1. The van der Waals surface area contributed by atoms with E-state index in [4.69, 9.17) is 9.72 Å². The normalized spacial score (nSPS) is 13.4. The maximum absolute atomic E-state index is 12.7. The van der Waals surface area contributed by atoms with Crippen molar-refractivity contribution in [3.8, 4) is 21.8 Å². The van der Waals surface area contributed by atoms with Crippen LogP contribution in [0, 0.1) is 6.92 Å². The first-order valence-corrected chi connectivity index (χ1v) is 13.0. The molecule has 0 atom stereocenters. The van der Waals surface area contributed by atoms with Gasteiger partial charge in [0.25, 0.3) is 0 Å². The number of nitrogens with one attached hydrogen (secondary N) is 4. The number of aromatic amines is 1. The Morgan fingerprint density at radius 2 is 2.15 bits per heavy atom. The van der Waals surface area contributed by atoms with Gasteiger partial charge >= 0.3 is 0 Å². The first-order valence-electron chi connectivity index (χ1n) is 11.4. The van der Waals surface area contributed by atoms with Gasteiger partial charge in [-0.1, -0.05) is 6.07 Å². The number of aryl methyl sites for hydroxylation is 1. The second-order valence-electron chi connectivity index (χ2n) is 8.31. The molecule has 0 radical (unpaired) electrons. The van der Waals surface area contributed by atoms with Gasteiger partial charge in [-0.25, -0.2) is 4.98 Å². The van der Waals surface area contributed by atoms with Gasteiger partial charge in [0.05, 0.1) is 22.5 Å². The Hall–Kier alpha value is -2.63. The maximum atomic E-state index is 12.7. The molecule has 1 aromatic carbocycles. The molecule has 4 aromatic rings. The van der Waals surface area contributed by atoms with Crippen LogP contribution in [-0.4, -0.2) is 54.4 Å². The lowest BCUT2D eigenvalue weighted by Crippen LogP contribution is -2.24. The van der Waals surface area contributed by atoms with Gasteiger partial charge in [-0.2, -0.15) is 5.10 Å². The smallest absolute Gasteiger partial charge is 0.226 e. The van der Waals surface area contributed by atoms with Crippen molar-refractivity contribution >= 4 is 43.8 Å². The molecule has 0 unspecified atom stereocenters. The molecule has 0 saturated heterocycles. The van der Waals surface area contributed by atoms with E-state index in [1.165, 1.54) is 10.4 Å². The fourth-order valence-corrected chi connectivity index (χ4v) is 6.48. The molecule has 10 heteroatoms. The third kappa shape index (κ3) is 4.91. The number of benzene rings is 1. The van der Waals surface area contributed by atoms with Crippen LogP contribution in [0.4, 0.5) is 5.00 Å². The maximum Gasteiger partial charge on any atom is 0.226 e. The largest absolute Gasteiger partial charge is 0.383 e. The number of ether oxygens (including phenoxy) is 1. The molecule has 0 spiro atoms. The van der Waals surface area contributed by atoms with Crippen LogP contribution in [-0.2, 0) is 22.5 Å². The highest BCUT2D eigenvalue weighted by Crippen LogP contribution is 2.45. The molecule has 3 aromatic heterocycles. The Labute approximate surface area is 206 Å². The lowest BCUT2D eigenvalue weighted by molar-refractivity contribution is -0.116. The predicted octanol–water partition coefficient (Wildman–Crippen LogP) is 3.93. The Morgan fingerprint density at radius 3 is 2.97 bits per heavy atom. The van der Waals surface area contributed by atoms with E-state index in [-0.39, 0.29) is 5.91 Å². The van der Waals surface area contributed by atoms with E-state index in [9.17, 15) is 4.79 Å². The Balaban J connectivity index is 1.43. The molecular formula is C24H28N6O2S2. The van der Waals surface area contributed by atoms with E-state index in [1.54, 1.807) is 29.8 Å². The van der Waals surface area contributed by atoms with Crippen molar-refractivity contribution in [3.05, 3.63) is 40.4 Å². The summed E-state index contributed by atoms with van der Waals surface area (Å²) < 4.78 is 6.15. The number of nitrogens with zero attached hydrogens (tertiary/aromatic N) is 2. The van der Waals surface area contributed by atoms with Crippen molar-refractivity contribution in [3.63, 3.8) is 0 Å². The van der Waals surface area contributed by atoms with E-state index < -0.39 is 0 Å². The Bertz CT molecular complexity index is 1310. The number of thiazole rings is 1. The van der Waals surface area contributed by atoms with Gasteiger partial charge < -0.3 is 20.7 Å². The van der Waals surface area contributed by atoms with E-state index in [0.29, 0.717) is 19.6 Å². The standard InChI is InChI=1S/C24H28N6O2S2/c1-14-11-18(30-29-14)15-3-4-17-19(12-15)33-23(27-17)22-16-5-7-26-13-20(16)34-24(22)28-21(31)6-8-25-9-10-32-2/h3-4,11-12,25-26H,5-10,13H2,1-2H3,(H,28,31)(H,29,30). The second-order valence-corrected chi connectivity index (χ2v) is 10.4. The molecule has 0 aliphatic carbocycles. The number of rotatable bonds is 9. The molecule has 0 bridgehead atoms. The number of fused-ring (bicyclic) bond motifs is 2.